The molecule has 4 heterocycles. The zero-order valence-corrected chi connectivity index (χ0v) is 21.4. The number of aromatic nitrogens is 2. The molecule has 1 aliphatic carbocycles. The van der Waals surface area contributed by atoms with E-state index in [9.17, 15) is 0 Å². The van der Waals surface area contributed by atoms with E-state index in [1.165, 1.54) is 38.5 Å². The summed E-state index contributed by atoms with van der Waals surface area (Å²) in [5, 5.41) is 7.92. The van der Waals surface area contributed by atoms with Crippen molar-refractivity contribution < 1.29 is 9.47 Å². The predicted octanol–water partition coefficient (Wildman–Crippen LogP) is 6.14. The van der Waals surface area contributed by atoms with Gasteiger partial charge in [-0.3, -0.25) is 4.98 Å². The van der Waals surface area contributed by atoms with Gasteiger partial charge in [0.1, 0.15) is 5.82 Å². The van der Waals surface area contributed by atoms with Gasteiger partial charge in [-0.2, -0.15) is 0 Å². The first-order valence-electron chi connectivity index (χ1n) is 13.5. The average molecular weight is 515 g/mol. The van der Waals surface area contributed by atoms with E-state index in [2.05, 4.69) is 27.8 Å². The fourth-order valence-corrected chi connectivity index (χ4v) is 5.84. The average Bonchev–Trinajstić information content (AvgIpc) is 3.43. The van der Waals surface area contributed by atoms with Crippen LogP contribution in [0.1, 0.15) is 64.5 Å². The second-order valence-corrected chi connectivity index (χ2v) is 10.9. The monoisotopic (exact) mass is 514 g/mol. The summed E-state index contributed by atoms with van der Waals surface area (Å²) in [6.07, 6.45) is 12.8. The summed E-state index contributed by atoms with van der Waals surface area (Å²) >= 11 is 6.58. The van der Waals surface area contributed by atoms with Crippen LogP contribution in [0.3, 0.4) is 0 Å². The second-order valence-electron chi connectivity index (χ2n) is 10.5. The van der Waals surface area contributed by atoms with Gasteiger partial charge >= 0.3 is 0 Å². The van der Waals surface area contributed by atoms with E-state index in [-0.39, 0.29) is 7.43 Å². The van der Waals surface area contributed by atoms with Gasteiger partial charge in [0.2, 0.25) is 0 Å². The molecule has 5 rings (SSSR count). The Morgan fingerprint density at radius 2 is 1.78 bits per heavy atom. The molecule has 0 unspecified atom stereocenters. The Labute approximate surface area is 221 Å². The molecular formula is C29H43ClN4O2. The minimum Gasteiger partial charge on any atom is -0.381 e. The number of hydrogen-bond donors (Lipinski definition) is 2. The smallest absolute Gasteiger partial charge is 0.126 e. The van der Waals surface area contributed by atoms with Crippen molar-refractivity contribution in [2.45, 2.75) is 77.4 Å². The van der Waals surface area contributed by atoms with Crippen molar-refractivity contribution >= 4 is 17.4 Å². The normalized spacial score (nSPS) is 24.9. The van der Waals surface area contributed by atoms with Crippen LogP contribution in [0, 0.1) is 11.8 Å². The SMILES string of the molecule is C.Clc1cnc(CC2CCC(NC[C@@H]3CCCO3)CC2)cc1-c1cccc(NCC2CCOCC2)n1. The summed E-state index contributed by atoms with van der Waals surface area (Å²) in [5.41, 5.74) is 2.98. The van der Waals surface area contributed by atoms with Gasteiger partial charge < -0.3 is 20.1 Å². The van der Waals surface area contributed by atoms with Crippen LogP contribution >= 0.6 is 11.6 Å². The fraction of sp³-hybridized carbons (Fsp3) is 0.655. The molecule has 3 fully saturated rings. The molecule has 2 saturated heterocycles. The standard InChI is InChI=1S/C28H39ClN4O2.CH4/c29-26-19-31-23(15-20-6-8-22(9-7-20)30-18-24-3-2-12-35-24)16-25(26)27-4-1-5-28(33-27)32-17-21-10-13-34-14-11-21;/h1,4-5,16,19-22,24,30H,2-3,6-15,17-18H2,(H,32,33);1H4/t20?,22?,24-;/m0./s1. The van der Waals surface area contributed by atoms with Crippen LogP contribution in [0.25, 0.3) is 11.3 Å². The molecule has 198 valence electrons. The van der Waals surface area contributed by atoms with Crippen molar-refractivity contribution in [3.05, 3.63) is 41.2 Å². The second kappa shape index (κ2) is 13.7. The molecule has 7 heteroatoms. The summed E-state index contributed by atoms with van der Waals surface area (Å²) in [6, 6.07) is 8.90. The molecule has 3 aliphatic rings. The lowest BCUT2D eigenvalue weighted by Crippen LogP contribution is -2.38. The van der Waals surface area contributed by atoms with Crippen molar-refractivity contribution in [3.8, 4) is 11.3 Å². The van der Waals surface area contributed by atoms with E-state index in [0.717, 1.165) is 74.9 Å². The van der Waals surface area contributed by atoms with E-state index >= 15 is 0 Å². The quantitative estimate of drug-likeness (QED) is 0.419. The molecule has 0 radical (unpaired) electrons. The molecule has 1 saturated carbocycles. The lowest BCUT2D eigenvalue weighted by molar-refractivity contribution is 0.0699. The fourth-order valence-electron chi connectivity index (χ4n) is 5.64. The highest BCUT2D eigenvalue weighted by Crippen LogP contribution is 2.31. The van der Waals surface area contributed by atoms with Crippen LogP contribution in [0.4, 0.5) is 5.82 Å². The van der Waals surface area contributed by atoms with Crippen molar-refractivity contribution in [1.29, 1.82) is 0 Å². The Morgan fingerprint density at radius 1 is 0.944 bits per heavy atom. The Kier molecular flexibility index (Phi) is 10.4. The molecule has 2 aliphatic heterocycles. The molecule has 1 atom stereocenters. The van der Waals surface area contributed by atoms with Gasteiger partial charge in [-0.25, -0.2) is 4.98 Å². The van der Waals surface area contributed by atoms with Crippen molar-refractivity contribution in [2.75, 3.05) is 38.2 Å². The van der Waals surface area contributed by atoms with Gasteiger partial charge in [0, 0.05) is 56.4 Å². The molecule has 0 aromatic carbocycles. The number of hydrogen-bond acceptors (Lipinski definition) is 6. The lowest BCUT2D eigenvalue weighted by atomic mass is 9.83. The third-order valence-corrected chi connectivity index (χ3v) is 8.15. The third-order valence-electron chi connectivity index (χ3n) is 7.85. The topological polar surface area (TPSA) is 68.3 Å². The molecule has 36 heavy (non-hydrogen) atoms. The number of ether oxygens (including phenoxy) is 2. The van der Waals surface area contributed by atoms with E-state index in [1.54, 1.807) is 6.20 Å². The predicted molar refractivity (Wildman–Crippen MR) is 148 cm³/mol. The maximum absolute atomic E-state index is 6.58. The van der Waals surface area contributed by atoms with Crippen LogP contribution in [-0.4, -0.2) is 55.0 Å². The first kappa shape index (κ1) is 27.3. The van der Waals surface area contributed by atoms with Crippen LogP contribution in [0.5, 0.6) is 0 Å². The number of rotatable bonds is 9. The van der Waals surface area contributed by atoms with Gasteiger partial charge in [-0.05, 0) is 87.8 Å². The van der Waals surface area contributed by atoms with Gasteiger partial charge in [-0.15, -0.1) is 0 Å². The van der Waals surface area contributed by atoms with E-state index in [4.69, 9.17) is 26.1 Å². The summed E-state index contributed by atoms with van der Waals surface area (Å²) in [6.45, 7) is 4.60. The molecule has 0 bridgehead atoms. The minimum atomic E-state index is 0. The number of halogens is 1. The van der Waals surface area contributed by atoms with Crippen molar-refractivity contribution in [1.82, 2.24) is 15.3 Å². The summed E-state index contributed by atoms with van der Waals surface area (Å²) in [7, 11) is 0. The van der Waals surface area contributed by atoms with Crippen LogP contribution in [0.15, 0.2) is 30.5 Å². The maximum Gasteiger partial charge on any atom is 0.126 e. The highest BCUT2D eigenvalue weighted by atomic mass is 35.5. The van der Waals surface area contributed by atoms with Crippen LogP contribution in [-0.2, 0) is 15.9 Å². The van der Waals surface area contributed by atoms with E-state index < -0.39 is 0 Å². The highest BCUT2D eigenvalue weighted by molar-refractivity contribution is 6.33. The van der Waals surface area contributed by atoms with E-state index in [1.807, 2.05) is 12.1 Å². The van der Waals surface area contributed by atoms with Gasteiger partial charge in [0.15, 0.2) is 0 Å². The number of pyridine rings is 2. The zero-order valence-electron chi connectivity index (χ0n) is 20.7. The Morgan fingerprint density at radius 3 is 2.56 bits per heavy atom. The summed E-state index contributed by atoms with van der Waals surface area (Å²) < 4.78 is 11.2. The zero-order chi connectivity index (χ0) is 23.9. The number of anilines is 1. The Bertz CT molecular complexity index is 939. The van der Waals surface area contributed by atoms with Gasteiger partial charge in [0.05, 0.1) is 16.8 Å². The lowest BCUT2D eigenvalue weighted by Gasteiger charge is -2.30. The van der Waals surface area contributed by atoms with Crippen molar-refractivity contribution in [2.24, 2.45) is 11.8 Å². The number of nitrogens with one attached hydrogen (secondary N) is 2. The summed E-state index contributed by atoms with van der Waals surface area (Å²) in [5.74, 6) is 2.22. The van der Waals surface area contributed by atoms with Crippen molar-refractivity contribution in [3.63, 3.8) is 0 Å². The Hall–Kier alpha value is -1.73. The first-order valence-corrected chi connectivity index (χ1v) is 13.9. The number of nitrogens with zero attached hydrogens (tertiary/aromatic N) is 2. The van der Waals surface area contributed by atoms with Crippen LogP contribution in [0.2, 0.25) is 5.02 Å². The molecule has 2 aromatic heterocycles. The van der Waals surface area contributed by atoms with Gasteiger partial charge in [0.25, 0.3) is 0 Å². The molecule has 0 amide bonds. The minimum absolute atomic E-state index is 0. The van der Waals surface area contributed by atoms with Gasteiger partial charge in [-0.1, -0.05) is 25.1 Å². The third kappa shape index (κ3) is 7.64. The molecule has 6 nitrogen and oxygen atoms in total. The molecule has 0 spiro atoms. The van der Waals surface area contributed by atoms with E-state index in [0.29, 0.717) is 29.0 Å². The molecule has 2 aromatic rings. The maximum atomic E-state index is 6.58. The molecule has 2 N–H and O–H groups in total. The van der Waals surface area contributed by atoms with Crippen LogP contribution < -0.4 is 10.6 Å². The Balaban J connectivity index is 0.00000304. The summed E-state index contributed by atoms with van der Waals surface area (Å²) in [4.78, 5) is 9.53. The highest BCUT2D eigenvalue weighted by Gasteiger charge is 2.24. The first-order chi connectivity index (χ1) is 17.2. The molecular weight excluding hydrogens is 472 g/mol. The largest absolute Gasteiger partial charge is 0.381 e.